The molecule has 2 aromatic heterocycles. The summed E-state index contributed by atoms with van der Waals surface area (Å²) in [5.41, 5.74) is 0.939. The number of hydrogen-bond acceptors (Lipinski definition) is 4. The number of carbonyl (C=O) groups is 2. The molecule has 1 aliphatic rings. The van der Waals surface area contributed by atoms with Crippen molar-refractivity contribution in [2.75, 3.05) is 0 Å². The van der Waals surface area contributed by atoms with E-state index in [-0.39, 0.29) is 28.3 Å². The minimum absolute atomic E-state index is 0.0449. The third kappa shape index (κ3) is 1.27. The van der Waals surface area contributed by atoms with E-state index in [1.165, 1.54) is 12.4 Å². The maximum atomic E-state index is 12.2. The van der Waals surface area contributed by atoms with Gasteiger partial charge in [-0.05, 0) is 25.1 Å². The van der Waals surface area contributed by atoms with Crippen LogP contribution in [0.3, 0.4) is 0 Å². The fourth-order valence-corrected chi connectivity index (χ4v) is 2.12. The summed E-state index contributed by atoms with van der Waals surface area (Å²) < 4.78 is 0.447. The van der Waals surface area contributed by atoms with Crippen LogP contribution < -0.4 is 4.73 Å². The van der Waals surface area contributed by atoms with E-state index in [4.69, 9.17) is 0 Å². The van der Waals surface area contributed by atoms with Crippen LogP contribution in [-0.4, -0.2) is 16.6 Å². The van der Waals surface area contributed by atoms with Crippen LogP contribution in [0.1, 0.15) is 37.7 Å². The van der Waals surface area contributed by atoms with Gasteiger partial charge in [0.15, 0.2) is 6.20 Å². The second kappa shape index (κ2) is 3.46. The van der Waals surface area contributed by atoms with Gasteiger partial charge >= 0.3 is 0 Å². The third-order valence-electron chi connectivity index (χ3n) is 2.90. The fraction of sp³-hybridized carbons (Fsp3) is 0.0769. The number of pyridine rings is 2. The molecule has 5 heteroatoms. The first-order valence-corrected chi connectivity index (χ1v) is 5.38. The van der Waals surface area contributed by atoms with Crippen molar-refractivity contribution < 1.29 is 14.3 Å². The number of hydrogen-bond donors (Lipinski definition) is 0. The lowest BCUT2D eigenvalue weighted by Crippen LogP contribution is -2.40. The minimum Gasteiger partial charge on any atom is -0.618 e. The highest BCUT2D eigenvalue weighted by atomic mass is 16.5. The summed E-state index contributed by atoms with van der Waals surface area (Å²) in [6, 6.07) is 4.69. The lowest BCUT2D eigenvalue weighted by molar-refractivity contribution is -0.608. The van der Waals surface area contributed by atoms with Crippen LogP contribution >= 0.6 is 0 Å². The zero-order chi connectivity index (χ0) is 12.9. The van der Waals surface area contributed by atoms with Crippen molar-refractivity contribution in [1.29, 1.82) is 0 Å². The lowest BCUT2D eigenvalue weighted by atomic mass is 9.90. The molecule has 0 bridgehead atoms. The van der Waals surface area contributed by atoms with Gasteiger partial charge in [-0.25, -0.2) is 0 Å². The molecule has 0 spiro atoms. The molecule has 0 aliphatic heterocycles. The van der Waals surface area contributed by atoms with Crippen LogP contribution in [0.4, 0.5) is 0 Å². The summed E-state index contributed by atoms with van der Waals surface area (Å²) in [7, 11) is 0. The Morgan fingerprint density at radius 1 is 1.22 bits per heavy atom. The van der Waals surface area contributed by atoms with Crippen LogP contribution in [0, 0.1) is 12.1 Å². The maximum absolute atomic E-state index is 12.2. The molecule has 0 N–H and O–H groups in total. The Balaban J connectivity index is 2.37. The van der Waals surface area contributed by atoms with Gasteiger partial charge < -0.3 is 5.21 Å². The van der Waals surface area contributed by atoms with Gasteiger partial charge in [0, 0.05) is 11.8 Å². The van der Waals surface area contributed by atoms with E-state index in [9.17, 15) is 14.8 Å². The molecule has 0 amide bonds. The second-order valence-electron chi connectivity index (χ2n) is 4.16. The molecular weight excluding hydrogens is 232 g/mol. The maximum Gasteiger partial charge on any atom is 0.277 e. The zero-order valence-corrected chi connectivity index (χ0v) is 9.51. The SMILES string of the molecule is Cc1cc2c([n+]([O-])c1)C(=O)c1ncccc1C2=O. The van der Waals surface area contributed by atoms with E-state index in [1.807, 2.05) is 0 Å². The molecule has 0 saturated heterocycles. The number of aryl methyl sites for hydroxylation is 1. The first-order valence-electron chi connectivity index (χ1n) is 5.38. The summed E-state index contributed by atoms with van der Waals surface area (Å²) in [6.45, 7) is 1.70. The standard InChI is InChI=1S/C13H8N2O3/c1-7-5-9-11(15(18)6-7)13(17)10-8(12(9)16)3-2-4-14-10/h2-6H,1H3. The number of nitrogens with zero attached hydrogens (tertiary/aromatic N) is 2. The summed E-state index contributed by atoms with van der Waals surface area (Å²) in [6.07, 6.45) is 2.70. The van der Waals surface area contributed by atoms with Gasteiger partial charge in [-0.3, -0.25) is 14.6 Å². The van der Waals surface area contributed by atoms with Gasteiger partial charge in [-0.2, -0.15) is 4.73 Å². The Labute approximate surface area is 102 Å². The number of aromatic nitrogens is 2. The fourth-order valence-electron chi connectivity index (χ4n) is 2.12. The molecule has 2 heterocycles. The van der Waals surface area contributed by atoms with Crippen LogP contribution in [-0.2, 0) is 0 Å². The molecule has 3 rings (SSSR count). The Bertz CT molecular complexity index is 707. The highest BCUT2D eigenvalue weighted by Gasteiger charge is 2.37. The van der Waals surface area contributed by atoms with Crippen molar-refractivity contribution in [2.24, 2.45) is 0 Å². The van der Waals surface area contributed by atoms with Crippen LogP contribution in [0.25, 0.3) is 0 Å². The van der Waals surface area contributed by atoms with E-state index in [1.54, 1.807) is 25.1 Å². The summed E-state index contributed by atoms with van der Waals surface area (Å²) in [5, 5.41) is 11.8. The molecule has 0 fully saturated rings. The molecule has 0 atom stereocenters. The predicted molar refractivity (Wildman–Crippen MR) is 61.2 cm³/mol. The quantitative estimate of drug-likeness (QED) is 0.430. The molecule has 1 aliphatic carbocycles. The topological polar surface area (TPSA) is 74.0 Å². The van der Waals surface area contributed by atoms with Crippen molar-refractivity contribution in [3.63, 3.8) is 0 Å². The number of carbonyl (C=O) groups excluding carboxylic acids is 2. The Morgan fingerprint density at radius 2 is 2.00 bits per heavy atom. The molecule has 88 valence electrons. The molecular formula is C13H8N2O3. The first kappa shape index (κ1) is 10.6. The first-order chi connectivity index (χ1) is 8.59. The normalized spacial score (nSPS) is 13.2. The molecule has 0 aromatic carbocycles. The summed E-state index contributed by atoms with van der Waals surface area (Å²) in [4.78, 5) is 28.3. The van der Waals surface area contributed by atoms with Crippen molar-refractivity contribution in [1.82, 2.24) is 4.98 Å². The Hall–Kier alpha value is -2.56. The summed E-state index contributed by atoms with van der Waals surface area (Å²) >= 11 is 0. The van der Waals surface area contributed by atoms with Gasteiger partial charge in [0.1, 0.15) is 11.3 Å². The van der Waals surface area contributed by atoms with E-state index in [0.29, 0.717) is 10.3 Å². The van der Waals surface area contributed by atoms with E-state index in [0.717, 1.165) is 0 Å². The number of ketones is 2. The van der Waals surface area contributed by atoms with E-state index in [2.05, 4.69) is 4.98 Å². The van der Waals surface area contributed by atoms with Crippen molar-refractivity contribution in [3.05, 3.63) is 63.9 Å². The molecule has 2 aromatic rings. The largest absolute Gasteiger partial charge is 0.618 e. The van der Waals surface area contributed by atoms with Crippen molar-refractivity contribution >= 4 is 11.6 Å². The van der Waals surface area contributed by atoms with E-state index >= 15 is 0 Å². The average molecular weight is 240 g/mol. The van der Waals surface area contributed by atoms with Gasteiger partial charge in [0.25, 0.3) is 11.5 Å². The molecule has 5 nitrogen and oxygen atoms in total. The zero-order valence-electron chi connectivity index (χ0n) is 9.51. The van der Waals surface area contributed by atoms with Gasteiger partial charge in [-0.1, -0.05) is 0 Å². The van der Waals surface area contributed by atoms with Gasteiger partial charge in [0.2, 0.25) is 5.78 Å². The van der Waals surface area contributed by atoms with Gasteiger partial charge in [-0.15, -0.1) is 0 Å². The molecule has 0 saturated carbocycles. The van der Waals surface area contributed by atoms with Crippen molar-refractivity contribution in [3.8, 4) is 0 Å². The third-order valence-corrected chi connectivity index (χ3v) is 2.90. The van der Waals surface area contributed by atoms with Crippen LogP contribution in [0.5, 0.6) is 0 Å². The lowest BCUT2D eigenvalue weighted by Gasteiger charge is -2.15. The Morgan fingerprint density at radius 3 is 2.78 bits per heavy atom. The highest BCUT2D eigenvalue weighted by Crippen LogP contribution is 2.23. The minimum atomic E-state index is -0.504. The van der Waals surface area contributed by atoms with Crippen molar-refractivity contribution in [2.45, 2.75) is 6.92 Å². The average Bonchev–Trinajstić information content (AvgIpc) is 2.35. The number of rotatable bonds is 0. The second-order valence-corrected chi connectivity index (χ2v) is 4.16. The monoisotopic (exact) mass is 240 g/mol. The molecule has 0 unspecified atom stereocenters. The molecule has 0 radical (unpaired) electrons. The predicted octanol–water partition coefficient (Wildman–Crippen LogP) is 0.799. The summed E-state index contributed by atoms with van der Waals surface area (Å²) in [5.74, 6) is -0.837. The van der Waals surface area contributed by atoms with Crippen LogP contribution in [0.2, 0.25) is 0 Å². The van der Waals surface area contributed by atoms with Gasteiger partial charge in [0.05, 0.1) is 5.56 Å². The molecule has 18 heavy (non-hydrogen) atoms. The Kier molecular flexibility index (Phi) is 2.04. The highest BCUT2D eigenvalue weighted by molar-refractivity contribution is 6.26. The van der Waals surface area contributed by atoms with E-state index < -0.39 is 5.78 Å². The number of fused-ring (bicyclic) bond motifs is 2. The smallest absolute Gasteiger partial charge is 0.277 e. The van der Waals surface area contributed by atoms with Crippen LogP contribution in [0.15, 0.2) is 30.6 Å².